The third-order valence-electron chi connectivity index (χ3n) is 2.02. The number of ether oxygens (including phenoxy) is 1. The van der Waals surface area contributed by atoms with Crippen molar-refractivity contribution in [2.24, 2.45) is 0 Å². The smallest absolute Gasteiger partial charge is 0.336 e. The third-order valence-corrected chi connectivity index (χ3v) is 2.91. The van der Waals surface area contributed by atoms with Crippen LogP contribution in [0.15, 0.2) is 48.9 Å². The van der Waals surface area contributed by atoms with Crippen molar-refractivity contribution in [1.29, 1.82) is 0 Å². The topological polar surface area (TPSA) is 52.1 Å². The summed E-state index contributed by atoms with van der Waals surface area (Å²) in [4.78, 5) is 19.5. The number of esters is 1. The number of benzene rings is 1. The highest BCUT2D eigenvalue weighted by Crippen LogP contribution is 2.19. The van der Waals surface area contributed by atoms with E-state index in [0.29, 0.717) is 11.4 Å². The maximum Gasteiger partial charge on any atom is 0.336 e. The third kappa shape index (κ3) is 3.63. The Hall–Kier alpha value is -1.76. The minimum Gasteiger partial charge on any atom is -0.422 e. The van der Waals surface area contributed by atoms with Gasteiger partial charge in [-0.2, -0.15) is 0 Å². The van der Waals surface area contributed by atoms with Gasteiger partial charge in [0.15, 0.2) is 0 Å². The van der Waals surface area contributed by atoms with Crippen LogP contribution in [0.1, 0.15) is 5.69 Å². The van der Waals surface area contributed by atoms with E-state index in [2.05, 4.69) is 32.6 Å². The van der Waals surface area contributed by atoms with Crippen molar-refractivity contribution in [3.8, 4) is 5.75 Å². The molecule has 1 aromatic carbocycles. The number of aromatic nitrogens is 2. The summed E-state index contributed by atoms with van der Waals surface area (Å²) in [7, 11) is 0. The van der Waals surface area contributed by atoms with Crippen LogP contribution in [0.2, 0.25) is 0 Å². The molecule has 1 heterocycles. The summed E-state index contributed by atoms with van der Waals surface area (Å²) in [5.74, 6) is 0.108. The number of carbonyl (C=O) groups excluding carboxylic acids is 1. The Morgan fingerprint density at radius 1 is 1.28 bits per heavy atom. The summed E-state index contributed by atoms with van der Waals surface area (Å²) >= 11 is 2.11. The number of hydrogen-bond acceptors (Lipinski definition) is 4. The van der Waals surface area contributed by atoms with Crippen LogP contribution in [0.25, 0.3) is 6.08 Å². The standard InChI is InChI=1S/C13H9IN2O2/c14-11-3-1-2-4-12(11)18-13(17)6-5-10-9-15-7-8-16-10/h1-9H/b6-5+. The van der Waals surface area contributed by atoms with Crippen molar-refractivity contribution in [3.05, 3.63) is 58.2 Å². The SMILES string of the molecule is O=C(/C=C/c1cnccn1)Oc1ccccc1I. The second-order valence-electron chi connectivity index (χ2n) is 3.32. The molecule has 0 aliphatic carbocycles. The Bertz CT molecular complexity index is 570. The summed E-state index contributed by atoms with van der Waals surface area (Å²) in [6.07, 6.45) is 7.58. The molecule has 0 spiro atoms. The van der Waals surface area contributed by atoms with Crippen molar-refractivity contribution in [2.75, 3.05) is 0 Å². The van der Waals surface area contributed by atoms with Crippen molar-refractivity contribution >= 4 is 34.6 Å². The van der Waals surface area contributed by atoms with E-state index in [1.54, 1.807) is 30.7 Å². The maximum atomic E-state index is 11.6. The van der Waals surface area contributed by atoms with E-state index in [1.165, 1.54) is 6.08 Å². The lowest BCUT2D eigenvalue weighted by atomic mass is 10.3. The van der Waals surface area contributed by atoms with Crippen molar-refractivity contribution in [2.45, 2.75) is 0 Å². The highest BCUT2D eigenvalue weighted by molar-refractivity contribution is 14.1. The van der Waals surface area contributed by atoms with Gasteiger partial charge in [-0.25, -0.2) is 4.79 Å². The average molecular weight is 352 g/mol. The molecule has 1 aromatic heterocycles. The molecule has 0 saturated carbocycles. The average Bonchev–Trinajstić information content (AvgIpc) is 2.40. The number of nitrogens with zero attached hydrogens (tertiary/aromatic N) is 2. The second-order valence-corrected chi connectivity index (χ2v) is 4.48. The van der Waals surface area contributed by atoms with E-state index in [9.17, 15) is 4.79 Å². The number of hydrogen-bond donors (Lipinski definition) is 0. The molecule has 0 bridgehead atoms. The molecule has 0 aliphatic rings. The molecule has 0 atom stereocenters. The number of carbonyl (C=O) groups is 1. The van der Waals surface area contributed by atoms with Gasteiger partial charge in [0.25, 0.3) is 0 Å². The fraction of sp³-hybridized carbons (Fsp3) is 0. The molecule has 4 nitrogen and oxygen atoms in total. The van der Waals surface area contributed by atoms with Crippen LogP contribution in [0.3, 0.4) is 0 Å². The van der Waals surface area contributed by atoms with E-state index in [-0.39, 0.29) is 0 Å². The zero-order valence-electron chi connectivity index (χ0n) is 9.29. The Kier molecular flexibility index (Phi) is 4.40. The first kappa shape index (κ1) is 12.7. The quantitative estimate of drug-likeness (QED) is 0.369. The van der Waals surface area contributed by atoms with E-state index in [0.717, 1.165) is 3.57 Å². The van der Waals surface area contributed by atoms with E-state index in [1.807, 2.05) is 18.2 Å². The van der Waals surface area contributed by atoms with E-state index >= 15 is 0 Å². The van der Waals surface area contributed by atoms with Crippen LogP contribution in [0.5, 0.6) is 5.75 Å². The molecular weight excluding hydrogens is 343 g/mol. The first-order chi connectivity index (χ1) is 8.75. The van der Waals surface area contributed by atoms with E-state index in [4.69, 9.17) is 4.74 Å². The number of rotatable bonds is 3. The van der Waals surface area contributed by atoms with Gasteiger partial charge < -0.3 is 4.74 Å². The summed E-state index contributed by atoms with van der Waals surface area (Å²) in [6.45, 7) is 0. The first-order valence-electron chi connectivity index (χ1n) is 5.16. The molecule has 0 unspecified atom stereocenters. The Balaban J connectivity index is 2.02. The van der Waals surface area contributed by atoms with Crippen LogP contribution in [0, 0.1) is 3.57 Å². The monoisotopic (exact) mass is 352 g/mol. The molecular formula is C13H9IN2O2. The zero-order chi connectivity index (χ0) is 12.8. The zero-order valence-corrected chi connectivity index (χ0v) is 11.4. The molecule has 2 rings (SSSR count). The fourth-order valence-corrected chi connectivity index (χ4v) is 1.72. The number of para-hydroxylation sites is 1. The Morgan fingerprint density at radius 3 is 2.83 bits per heavy atom. The largest absolute Gasteiger partial charge is 0.422 e. The van der Waals surface area contributed by atoms with Gasteiger partial charge >= 0.3 is 5.97 Å². The lowest BCUT2D eigenvalue weighted by Crippen LogP contribution is -2.04. The van der Waals surface area contributed by atoms with Gasteiger partial charge in [0.2, 0.25) is 0 Å². The first-order valence-corrected chi connectivity index (χ1v) is 6.24. The highest BCUT2D eigenvalue weighted by Gasteiger charge is 2.03. The van der Waals surface area contributed by atoms with Crippen LogP contribution in [0.4, 0.5) is 0 Å². The van der Waals surface area contributed by atoms with Gasteiger partial charge in [0.1, 0.15) is 5.75 Å². The molecule has 5 heteroatoms. The lowest BCUT2D eigenvalue weighted by Gasteiger charge is -2.02. The predicted octanol–water partition coefficient (Wildman–Crippen LogP) is 2.70. The summed E-state index contributed by atoms with van der Waals surface area (Å²) < 4.78 is 6.07. The lowest BCUT2D eigenvalue weighted by molar-refractivity contribution is -0.128. The van der Waals surface area contributed by atoms with Gasteiger partial charge in [-0.3, -0.25) is 9.97 Å². The Labute approximate surface area is 118 Å². The van der Waals surface area contributed by atoms with Crippen LogP contribution in [-0.2, 0) is 4.79 Å². The molecule has 18 heavy (non-hydrogen) atoms. The second kappa shape index (κ2) is 6.25. The molecule has 0 N–H and O–H groups in total. The van der Waals surface area contributed by atoms with Crippen LogP contribution < -0.4 is 4.74 Å². The van der Waals surface area contributed by atoms with Crippen molar-refractivity contribution in [3.63, 3.8) is 0 Å². The summed E-state index contributed by atoms with van der Waals surface area (Å²) in [5.41, 5.74) is 0.609. The molecule has 0 radical (unpaired) electrons. The molecule has 0 amide bonds. The predicted molar refractivity (Wildman–Crippen MR) is 75.9 cm³/mol. The van der Waals surface area contributed by atoms with Crippen molar-refractivity contribution < 1.29 is 9.53 Å². The molecule has 0 fully saturated rings. The normalized spacial score (nSPS) is 10.5. The van der Waals surface area contributed by atoms with Gasteiger partial charge in [-0.15, -0.1) is 0 Å². The van der Waals surface area contributed by atoms with Crippen LogP contribution >= 0.6 is 22.6 Å². The fourth-order valence-electron chi connectivity index (χ4n) is 1.22. The van der Waals surface area contributed by atoms with Gasteiger partial charge in [0, 0.05) is 18.5 Å². The molecule has 0 aliphatic heterocycles. The Morgan fingerprint density at radius 2 is 2.11 bits per heavy atom. The maximum absolute atomic E-state index is 11.6. The van der Waals surface area contributed by atoms with E-state index < -0.39 is 5.97 Å². The van der Waals surface area contributed by atoms with Gasteiger partial charge in [0.05, 0.1) is 15.5 Å². The van der Waals surface area contributed by atoms with Gasteiger partial charge in [-0.1, -0.05) is 12.1 Å². The van der Waals surface area contributed by atoms with Crippen LogP contribution in [-0.4, -0.2) is 15.9 Å². The highest BCUT2D eigenvalue weighted by atomic mass is 127. The summed E-state index contributed by atoms with van der Waals surface area (Å²) in [5, 5.41) is 0. The molecule has 0 saturated heterocycles. The molecule has 2 aromatic rings. The van der Waals surface area contributed by atoms with Gasteiger partial charge in [-0.05, 0) is 40.8 Å². The molecule has 90 valence electrons. The number of halogens is 1. The minimum absolute atomic E-state index is 0.440. The minimum atomic E-state index is -0.440. The summed E-state index contributed by atoms with van der Waals surface area (Å²) in [6, 6.07) is 7.32. The van der Waals surface area contributed by atoms with Crippen molar-refractivity contribution in [1.82, 2.24) is 9.97 Å².